The van der Waals surface area contributed by atoms with E-state index in [1.165, 1.54) is 8.61 Å². The summed E-state index contributed by atoms with van der Waals surface area (Å²) >= 11 is 0. The van der Waals surface area contributed by atoms with Gasteiger partial charge in [-0.25, -0.2) is 16.8 Å². The van der Waals surface area contributed by atoms with Crippen molar-refractivity contribution in [1.82, 2.24) is 8.61 Å². The maximum Gasteiger partial charge on any atom is 0.243 e. The highest BCUT2D eigenvalue weighted by Crippen LogP contribution is 2.47. The topological polar surface area (TPSA) is 91.8 Å². The number of ketones is 1. The van der Waals surface area contributed by atoms with Gasteiger partial charge in [-0.2, -0.15) is 8.61 Å². The fourth-order valence-electron chi connectivity index (χ4n) is 5.20. The van der Waals surface area contributed by atoms with Crippen molar-refractivity contribution in [3.05, 3.63) is 60.7 Å². The lowest BCUT2D eigenvalue weighted by Crippen LogP contribution is -2.70. The highest BCUT2D eigenvalue weighted by molar-refractivity contribution is 7.89. The number of benzene rings is 2. The normalized spacial score (nSPS) is 26.9. The molecule has 0 saturated carbocycles. The second kappa shape index (κ2) is 8.61. The molecule has 2 aromatic carbocycles. The number of hydrogen-bond acceptors (Lipinski definition) is 5. The molecule has 2 bridgehead atoms. The molecular weight excluding hydrogens is 460 g/mol. The van der Waals surface area contributed by atoms with Gasteiger partial charge in [0.15, 0.2) is 0 Å². The largest absolute Gasteiger partial charge is 0.298 e. The monoisotopic (exact) mass is 490 g/mol. The van der Waals surface area contributed by atoms with Gasteiger partial charge in [0, 0.05) is 26.2 Å². The van der Waals surface area contributed by atoms with Crippen molar-refractivity contribution in [3.63, 3.8) is 0 Å². The maximum absolute atomic E-state index is 13.7. The van der Waals surface area contributed by atoms with Crippen LogP contribution < -0.4 is 0 Å². The smallest absolute Gasteiger partial charge is 0.243 e. The van der Waals surface area contributed by atoms with Crippen LogP contribution in [0.15, 0.2) is 70.5 Å². The van der Waals surface area contributed by atoms with E-state index >= 15 is 0 Å². The summed E-state index contributed by atoms with van der Waals surface area (Å²) in [6, 6.07) is 16.4. The highest BCUT2D eigenvalue weighted by atomic mass is 32.2. The Hall–Kier alpha value is -2.07. The lowest BCUT2D eigenvalue weighted by molar-refractivity contribution is -0.152. The van der Waals surface area contributed by atoms with E-state index < -0.39 is 30.9 Å². The molecule has 2 saturated heterocycles. The molecule has 0 aromatic heterocycles. The van der Waals surface area contributed by atoms with E-state index in [1.54, 1.807) is 67.6 Å². The van der Waals surface area contributed by atoms with E-state index in [-0.39, 0.29) is 41.8 Å². The van der Waals surface area contributed by atoms with Crippen LogP contribution in [0.25, 0.3) is 0 Å². The second-order valence-corrected chi connectivity index (χ2v) is 13.3. The number of Topliss-reactive ketones (excluding diaryl/α,β-unsaturated/α-hetero) is 1. The van der Waals surface area contributed by atoms with Crippen LogP contribution in [0.4, 0.5) is 0 Å². The second-order valence-electron chi connectivity index (χ2n) is 9.45. The van der Waals surface area contributed by atoms with Gasteiger partial charge < -0.3 is 0 Å². The number of rotatable bonds is 7. The Morgan fingerprint density at radius 1 is 0.758 bits per heavy atom. The van der Waals surface area contributed by atoms with E-state index in [4.69, 9.17) is 0 Å². The van der Waals surface area contributed by atoms with Gasteiger partial charge in [-0.1, -0.05) is 63.1 Å². The summed E-state index contributed by atoms with van der Waals surface area (Å²) in [6.07, 6.45) is 1.97. The average Bonchev–Trinajstić information content (AvgIpc) is 2.80. The Bertz CT molecular complexity index is 1150. The summed E-state index contributed by atoms with van der Waals surface area (Å²) in [5.74, 6) is -0.0255. The zero-order valence-corrected chi connectivity index (χ0v) is 20.6. The number of hydrogen-bond donors (Lipinski definition) is 0. The van der Waals surface area contributed by atoms with Crippen LogP contribution in [0.1, 0.15) is 33.1 Å². The third kappa shape index (κ3) is 4.16. The standard InChI is InChI=1S/C24H30N2O5S2/c1-3-4-15-24-18-25(32(28,29)20-11-7-5-8-12-20)16-23(2,22(24)27)17-26(19-24)33(30,31)21-13-9-6-10-14-21/h5-14H,3-4,15-19H2,1-2H3. The molecule has 178 valence electrons. The summed E-state index contributed by atoms with van der Waals surface area (Å²) in [5, 5.41) is 0. The molecule has 33 heavy (non-hydrogen) atoms. The first-order chi connectivity index (χ1) is 15.6. The quantitative estimate of drug-likeness (QED) is 0.595. The van der Waals surface area contributed by atoms with Crippen molar-refractivity contribution in [3.8, 4) is 0 Å². The lowest BCUT2D eigenvalue weighted by Gasteiger charge is -2.55. The molecule has 2 aliphatic heterocycles. The Balaban J connectivity index is 1.76. The van der Waals surface area contributed by atoms with E-state index in [0.29, 0.717) is 12.8 Å². The predicted molar refractivity (Wildman–Crippen MR) is 125 cm³/mol. The van der Waals surface area contributed by atoms with Gasteiger partial charge in [0.25, 0.3) is 0 Å². The third-order valence-corrected chi connectivity index (χ3v) is 10.4. The van der Waals surface area contributed by atoms with Crippen molar-refractivity contribution in [2.45, 2.75) is 42.9 Å². The van der Waals surface area contributed by atoms with Crippen LogP contribution in [0, 0.1) is 10.8 Å². The Morgan fingerprint density at radius 2 is 1.18 bits per heavy atom. The molecular formula is C24H30N2O5S2. The molecule has 0 atom stereocenters. The van der Waals surface area contributed by atoms with Gasteiger partial charge in [-0.05, 0) is 30.7 Å². The summed E-state index contributed by atoms with van der Waals surface area (Å²) in [5.41, 5.74) is -2.21. The number of carbonyl (C=O) groups is 1. The number of sulfonamides is 2. The first kappa shape index (κ1) is 24.1. The summed E-state index contributed by atoms with van der Waals surface area (Å²) in [4.78, 5) is 14.1. The molecule has 2 aliphatic rings. The van der Waals surface area contributed by atoms with E-state index in [9.17, 15) is 21.6 Å². The van der Waals surface area contributed by atoms with E-state index in [2.05, 4.69) is 0 Å². The zero-order chi connectivity index (χ0) is 23.9. The van der Waals surface area contributed by atoms with E-state index in [0.717, 1.165) is 6.42 Å². The summed E-state index contributed by atoms with van der Waals surface area (Å²) in [6.45, 7) is 3.59. The van der Waals surface area contributed by atoms with Crippen molar-refractivity contribution in [2.24, 2.45) is 10.8 Å². The number of carbonyl (C=O) groups excluding carboxylic acids is 1. The summed E-state index contributed by atoms with van der Waals surface area (Å²) < 4.78 is 56.7. The van der Waals surface area contributed by atoms with Crippen LogP contribution >= 0.6 is 0 Å². The molecule has 7 nitrogen and oxygen atoms in total. The molecule has 4 rings (SSSR count). The first-order valence-corrected chi connectivity index (χ1v) is 14.1. The Morgan fingerprint density at radius 3 is 1.58 bits per heavy atom. The zero-order valence-electron chi connectivity index (χ0n) is 19.0. The number of unbranched alkanes of at least 4 members (excludes halogenated alkanes) is 1. The fraction of sp³-hybridized carbons (Fsp3) is 0.458. The average molecular weight is 491 g/mol. The summed E-state index contributed by atoms with van der Waals surface area (Å²) in [7, 11) is -7.64. The van der Waals surface area contributed by atoms with Gasteiger partial charge in [-0.3, -0.25) is 4.79 Å². The SMILES string of the molecule is CCCCC12CN(S(=O)(=O)c3ccccc3)CC(C)(CN(S(=O)(=O)c3ccccc3)C1)C2=O. The number of fused-ring (bicyclic) bond motifs is 2. The van der Waals surface area contributed by atoms with Gasteiger partial charge in [0.1, 0.15) is 5.78 Å². The molecule has 2 heterocycles. The van der Waals surface area contributed by atoms with Crippen molar-refractivity contribution in [2.75, 3.05) is 26.2 Å². The molecule has 2 fully saturated rings. The van der Waals surface area contributed by atoms with Gasteiger partial charge in [0.2, 0.25) is 20.0 Å². The van der Waals surface area contributed by atoms with Crippen molar-refractivity contribution >= 4 is 25.8 Å². The molecule has 0 spiro atoms. The van der Waals surface area contributed by atoms with Crippen LogP contribution in [0.5, 0.6) is 0 Å². The fourth-order valence-corrected chi connectivity index (χ4v) is 8.54. The van der Waals surface area contributed by atoms with Gasteiger partial charge in [0.05, 0.1) is 20.6 Å². The lowest BCUT2D eigenvalue weighted by atomic mass is 9.63. The Kier molecular flexibility index (Phi) is 6.28. The molecule has 0 unspecified atom stereocenters. The van der Waals surface area contributed by atoms with E-state index in [1.807, 2.05) is 6.92 Å². The third-order valence-electron chi connectivity index (χ3n) is 6.81. The van der Waals surface area contributed by atoms with Crippen molar-refractivity contribution in [1.29, 1.82) is 0 Å². The number of nitrogens with zero attached hydrogens (tertiary/aromatic N) is 2. The molecule has 0 radical (unpaired) electrons. The van der Waals surface area contributed by atoms with Crippen LogP contribution in [-0.2, 0) is 24.8 Å². The molecule has 0 amide bonds. The molecule has 2 aromatic rings. The van der Waals surface area contributed by atoms with Crippen LogP contribution in [-0.4, -0.2) is 57.4 Å². The van der Waals surface area contributed by atoms with Gasteiger partial charge in [-0.15, -0.1) is 0 Å². The predicted octanol–water partition coefficient (Wildman–Crippen LogP) is 3.15. The minimum atomic E-state index is -3.82. The van der Waals surface area contributed by atoms with Gasteiger partial charge >= 0.3 is 0 Å². The number of piperidine rings is 2. The highest BCUT2D eigenvalue weighted by Gasteiger charge is 2.61. The van der Waals surface area contributed by atoms with Crippen molar-refractivity contribution < 1.29 is 21.6 Å². The first-order valence-electron chi connectivity index (χ1n) is 11.2. The molecule has 9 heteroatoms. The minimum absolute atomic E-state index is 0.0144. The molecule has 0 aliphatic carbocycles. The molecule has 0 N–H and O–H groups in total. The maximum atomic E-state index is 13.7. The Labute approximate surface area is 196 Å². The van der Waals surface area contributed by atoms with Crippen LogP contribution in [0.2, 0.25) is 0 Å². The minimum Gasteiger partial charge on any atom is -0.298 e. The van der Waals surface area contributed by atoms with Crippen LogP contribution in [0.3, 0.4) is 0 Å².